The van der Waals surface area contributed by atoms with Gasteiger partial charge in [0.05, 0.1) is 0 Å². The molecule has 0 bridgehead atoms. The molecule has 4 heterocycles. The summed E-state index contributed by atoms with van der Waals surface area (Å²) >= 11 is 4.78. The number of aromatic nitrogens is 3. The van der Waals surface area contributed by atoms with Gasteiger partial charge in [-0.05, 0) is 17.7 Å². The first-order chi connectivity index (χ1) is 26.2. The molecule has 27 heteroatoms. The number of carboxylic acids is 1. The highest BCUT2D eigenvalue weighted by molar-refractivity contribution is 8.01. The van der Waals surface area contributed by atoms with Crippen molar-refractivity contribution in [3.8, 4) is 11.5 Å². The van der Waals surface area contributed by atoms with Crippen LogP contribution in [0.1, 0.15) is 29.9 Å². The number of imide groups is 1. The number of amides is 6. The quantitative estimate of drug-likeness (QED) is 0.0335. The number of carboxylic acid groups (broad SMARTS) is 1. The molecule has 2 unspecified atom stereocenters. The number of ether oxygens (including phenoxy) is 2. The molecule has 1 fully saturated rings. The zero-order valence-corrected chi connectivity index (χ0v) is 32.5. The number of hydrogen-bond donors (Lipinski definition) is 6. The molecule has 2 atom stereocenters. The van der Waals surface area contributed by atoms with Crippen LogP contribution in [0, 0.1) is 0 Å². The number of nitrogens with zero attached hydrogens (tertiary/aromatic N) is 5. The second-order valence-corrected chi connectivity index (χ2v) is 14.8. The summed E-state index contributed by atoms with van der Waals surface area (Å²) in [5.41, 5.74) is 10.6. The fraction of sp³-hybridized carbons (Fsp3) is 0.241. The van der Waals surface area contributed by atoms with E-state index in [1.807, 2.05) is 16.2 Å². The molecule has 2 aliphatic rings. The predicted molar refractivity (Wildman–Crippen MR) is 200 cm³/mol. The Labute approximate surface area is 336 Å². The minimum absolute atomic E-state index is 0. The lowest BCUT2D eigenvalue weighted by Gasteiger charge is -2.49. The van der Waals surface area contributed by atoms with Crippen molar-refractivity contribution in [2.24, 2.45) is 5.16 Å². The number of fused-ring (bicyclic) bond motifs is 1. The van der Waals surface area contributed by atoms with Crippen molar-refractivity contribution >= 4 is 117 Å². The lowest BCUT2D eigenvalue weighted by molar-refractivity contribution is -0.150. The van der Waals surface area contributed by atoms with Gasteiger partial charge in [0.15, 0.2) is 21.8 Å². The number of nitrogens with two attached hydrogens (primary N) is 1. The van der Waals surface area contributed by atoms with Crippen molar-refractivity contribution in [2.75, 3.05) is 23.8 Å². The van der Waals surface area contributed by atoms with E-state index in [1.54, 1.807) is 5.51 Å². The molecule has 2 aromatic heterocycles. The number of benzene rings is 1. The minimum Gasteiger partial charge on any atom is -0.477 e. The van der Waals surface area contributed by atoms with Crippen LogP contribution in [0.25, 0.3) is 0 Å². The highest BCUT2D eigenvalue weighted by atomic mass is 35.5. The van der Waals surface area contributed by atoms with Crippen LogP contribution in [0.4, 0.5) is 9.93 Å². The van der Waals surface area contributed by atoms with E-state index in [4.69, 9.17) is 20.0 Å². The summed E-state index contributed by atoms with van der Waals surface area (Å²) in [5.74, 6) is -6.22. The van der Waals surface area contributed by atoms with Gasteiger partial charge in [-0.15, -0.1) is 45.7 Å². The number of carbonyl (C=O) groups excluding carboxylic acids is 7. The van der Waals surface area contributed by atoms with Crippen LogP contribution < -0.4 is 36.7 Å². The molecule has 1 aromatic carbocycles. The van der Waals surface area contributed by atoms with Crippen LogP contribution in [0.2, 0.25) is 0 Å². The second kappa shape index (κ2) is 19.2. The van der Waals surface area contributed by atoms with E-state index in [9.17, 15) is 43.5 Å². The van der Waals surface area contributed by atoms with Gasteiger partial charge in [0.25, 0.3) is 23.6 Å². The highest BCUT2D eigenvalue weighted by Crippen LogP contribution is 2.41. The minimum atomic E-state index is -1.30. The van der Waals surface area contributed by atoms with Crippen LogP contribution in [0.5, 0.6) is 11.5 Å². The molecule has 2 aliphatic heterocycles. The molecule has 0 radical (unpaired) electrons. The van der Waals surface area contributed by atoms with Crippen molar-refractivity contribution in [1.82, 2.24) is 41.6 Å². The average molecular weight is 871 g/mol. The molecule has 56 heavy (non-hydrogen) atoms. The third-order valence-electron chi connectivity index (χ3n) is 6.79. The first-order valence-electron chi connectivity index (χ1n) is 15.1. The van der Waals surface area contributed by atoms with Crippen LogP contribution >= 0.6 is 58.6 Å². The van der Waals surface area contributed by atoms with Crippen molar-refractivity contribution in [2.45, 2.75) is 29.6 Å². The fourth-order valence-electron chi connectivity index (χ4n) is 4.66. The van der Waals surface area contributed by atoms with Gasteiger partial charge >= 0.3 is 23.9 Å². The molecule has 1 saturated heterocycles. The van der Waals surface area contributed by atoms with Crippen molar-refractivity contribution in [3.05, 3.63) is 51.6 Å². The van der Waals surface area contributed by atoms with Gasteiger partial charge < -0.3 is 30.5 Å². The second-order valence-electron chi connectivity index (χ2n) is 10.7. The van der Waals surface area contributed by atoms with E-state index < -0.39 is 71.3 Å². The maximum absolute atomic E-state index is 13.4. The third kappa shape index (κ3) is 10.9. The van der Waals surface area contributed by atoms with E-state index in [0.717, 1.165) is 42.2 Å². The topological polar surface area (TPSA) is 313 Å². The summed E-state index contributed by atoms with van der Waals surface area (Å²) in [6, 6.07) is 1.01. The van der Waals surface area contributed by atoms with Crippen molar-refractivity contribution < 1.29 is 57.8 Å². The lowest BCUT2D eigenvalue weighted by atomic mass is 10.0. The number of nitrogen functional groups attached to an aromatic ring is 1. The number of hydrazine groups is 1. The molecule has 22 nitrogen and oxygen atoms in total. The van der Waals surface area contributed by atoms with Gasteiger partial charge in [0.1, 0.15) is 39.8 Å². The molecule has 3 aromatic rings. The van der Waals surface area contributed by atoms with Gasteiger partial charge in [-0.3, -0.25) is 44.4 Å². The van der Waals surface area contributed by atoms with Crippen LogP contribution in [-0.2, 0) is 33.6 Å². The predicted octanol–water partition coefficient (Wildman–Crippen LogP) is 0.272. The van der Waals surface area contributed by atoms with Gasteiger partial charge in [0.2, 0.25) is 0 Å². The number of halogens is 1. The molecule has 0 saturated carbocycles. The molecule has 0 spiro atoms. The van der Waals surface area contributed by atoms with Crippen molar-refractivity contribution in [3.63, 3.8) is 0 Å². The Hall–Kier alpha value is -5.83. The Morgan fingerprint density at radius 3 is 2.34 bits per heavy atom. The first kappa shape index (κ1) is 42.9. The van der Waals surface area contributed by atoms with Gasteiger partial charge in [0, 0.05) is 42.4 Å². The zero-order chi connectivity index (χ0) is 39.8. The Morgan fingerprint density at radius 2 is 1.75 bits per heavy atom. The smallest absolute Gasteiger partial charge is 0.352 e. The fourth-order valence-corrected chi connectivity index (χ4v) is 8.18. The SMILES string of the molecule is CC(=O)Oc1cc(OC(C)=O)cc(C(=O)NC(=O)NNC(=O)CO/N=C(/C(=O)NC2C(=O)N3C(C(=O)O)=C(CSc4nncs4)CSC23)c2csc(N)n2)c1.Cl. The number of esters is 2. The van der Waals surface area contributed by atoms with Crippen LogP contribution in [0.15, 0.2) is 49.9 Å². The summed E-state index contributed by atoms with van der Waals surface area (Å²) in [6.07, 6.45) is 0. The Morgan fingerprint density at radius 1 is 1.05 bits per heavy atom. The Kier molecular flexibility index (Phi) is 14.7. The summed E-state index contributed by atoms with van der Waals surface area (Å²) in [7, 11) is 0. The van der Waals surface area contributed by atoms with E-state index in [1.165, 1.54) is 46.3 Å². The number of thioether (sulfide) groups is 2. The van der Waals surface area contributed by atoms with Crippen LogP contribution in [0.3, 0.4) is 0 Å². The number of thiazole rings is 1. The Bertz CT molecular complexity index is 2100. The number of nitrogens with one attached hydrogen (secondary N) is 4. The van der Waals surface area contributed by atoms with Gasteiger partial charge in [-0.2, -0.15) is 0 Å². The Balaban J connectivity index is 0.00000696. The third-order valence-corrected chi connectivity index (χ3v) is 10.7. The summed E-state index contributed by atoms with van der Waals surface area (Å²) in [4.78, 5) is 109. The van der Waals surface area contributed by atoms with Crippen molar-refractivity contribution in [1.29, 1.82) is 0 Å². The number of aliphatic carboxylic acids is 1. The number of hydrogen-bond acceptors (Lipinski definition) is 20. The summed E-state index contributed by atoms with van der Waals surface area (Å²) in [6.45, 7) is 1.33. The summed E-state index contributed by atoms with van der Waals surface area (Å²) in [5, 5.41) is 26.4. The largest absolute Gasteiger partial charge is 0.477 e. The molecule has 6 amide bonds. The maximum Gasteiger partial charge on any atom is 0.352 e. The molecule has 7 N–H and O–H groups in total. The number of rotatable bonds is 13. The zero-order valence-electron chi connectivity index (χ0n) is 28.5. The number of urea groups is 1. The van der Waals surface area contributed by atoms with E-state index >= 15 is 0 Å². The van der Waals surface area contributed by atoms with Gasteiger partial charge in [-0.25, -0.2) is 20.0 Å². The lowest BCUT2D eigenvalue weighted by Crippen LogP contribution is -2.71. The molecule has 296 valence electrons. The number of carbonyl (C=O) groups is 8. The number of β-lactam (4-membered cyclic amide) rings is 1. The summed E-state index contributed by atoms with van der Waals surface area (Å²) < 4.78 is 10.5. The standard InChI is InChI=1S/C29H26N10O12S4.ClH/c1-11(40)50-15-3-13(4-16(5-15)51-12(2)41)22(43)34-28(48)36-35-18(42)6-49-38-19(17-9-53-27(30)32-17)23(44)33-20-24(45)39-21(26(46)47)14(7-52-25(20)39)8-54-29-37-31-10-55-29;/h3-5,9-10,20,25H,6-8H2,1-2H3,(H2,30,32)(H,33,44)(H,35,42)(H,46,47)(H2,34,36,43,48);1H/b38-19+;. The average Bonchev–Trinajstić information content (AvgIpc) is 3.81. The van der Waals surface area contributed by atoms with Crippen LogP contribution in [-0.4, -0.2) is 108 Å². The van der Waals surface area contributed by atoms with E-state index in [2.05, 4.69) is 25.7 Å². The molecular weight excluding hydrogens is 844 g/mol. The highest BCUT2D eigenvalue weighted by Gasteiger charge is 2.54. The maximum atomic E-state index is 13.4. The normalized spacial score (nSPS) is 15.9. The van der Waals surface area contributed by atoms with E-state index in [-0.39, 0.29) is 57.5 Å². The molecule has 0 aliphatic carbocycles. The number of anilines is 1. The first-order valence-corrected chi connectivity index (χ1v) is 18.9. The number of oxime groups is 1. The monoisotopic (exact) mass is 870 g/mol. The van der Waals surface area contributed by atoms with E-state index in [0.29, 0.717) is 9.91 Å². The molecule has 5 rings (SSSR count). The molecular formula is C29H27ClN10O12S4. The van der Waals surface area contributed by atoms with Gasteiger partial charge in [-0.1, -0.05) is 28.3 Å².